The minimum Gasteiger partial charge on any atom is -0.314 e. The maximum absolute atomic E-state index is 13.4. The van der Waals surface area contributed by atoms with Crippen LogP contribution < -0.4 is 5.32 Å². The molecule has 0 spiro atoms. The molecule has 0 aliphatic carbocycles. The summed E-state index contributed by atoms with van der Waals surface area (Å²) in [5.41, 5.74) is 2.17. The molecule has 2 fully saturated rings. The van der Waals surface area contributed by atoms with Crippen molar-refractivity contribution in [1.82, 2.24) is 10.2 Å². The molecule has 0 radical (unpaired) electrons. The first-order valence-corrected chi connectivity index (χ1v) is 8.70. The zero-order valence-corrected chi connectivity index (χ0v) is 13.6. The van der Waals surface area contributed by atoms with E-state index in [9.17, 15) is 8.78 Å². The standard InChI is InChI=1S/C20H22F2N2/c21-16-7-3-14(4-8-16)20(15-5-9-17(22)10-6-15)19-13-23-12-18-2-1-11-24(18)19/h3-10,18-20,23H,1-2,11-13H2/t18-,19-/m0/s1. The van der Waals surface area contributed by atoms with Crippen molar-refractivity contribution >= 4 is 0 Å². The first-order chi connectivity index (χ1) is 11.7. The first-order valence-electron chi connectivity index (χ1n) is 8.70. The molecule has 126 valence electrons. The van der Waals surface area contributed by atoms with Crippen LogP contribution in [0.2, 0.25) is 0 Å². The second-order valence-electron chi connectivity index (χ2n) is 6.84. The third-order valence-corrected chi connectivity index (χ3v) is 5.43. The number of benzene rings is 2. The third-order valence-electron chi connectivity index (χ3n) is 5.43. The second-order valence-corrected chi connectivity index (χ2v) is 6.84. The van der Waals surface area contributed by atoms with Crippen LogP contribution in [-0.2, 0) is 0 Å². The van der Waals surface area contributed by atoms with Crippen molar-refractivity contribution in [2.75, 3.05) is 19.6 Å². The lowest BCUT2D eigenvalue weighted by Gasteiger charge is -2.43. The van der Waals surface area contributed by atoms with Crippen LogP contribution >= 0.6 is 0 Å². The van der Waals surface area contributed by atoms with Crippen molar-refractivity contribution in [3.05, 3.63) is 71.3 Å². The SMILES string of the molecule is Fc1ccc(C(c2ccc(F)cc2)[C@@H]2CNC[C@@H]3CCCN32)cc1. The Kier molecular flexibility index (Phi) is 4.33. The van der Waals surface area contributed by atoms with Crippen LogP contribution in [0, 0.1) is 11.6 Å². The van der Waals surface area contributed by atoms with E-state index in [4.69, 9.17) is 0 Å². The van der Waals surface area contributed by atoms with E-state index in [0.29, 0.717) is 12.1 Å². The van der Waals surface area contributed by atoms with Gasteiger partial charge in [-0.2, -0.15) is 0 Å². The number of fused-ring (bicyclic) bond motifs is 1. The highest BCUT2D eigenvalue weighted by molar-refractivity contribution is 5.35. The van der Waals surface area contributed by atoms with Crippen LogP contribution in [0.4, 0.5) is 8.78 Å². The molecule has 2 aliphatic rings. The van der Waals surface area contributed by atoms with E-state index < -0.39 is 0 Å². The maximum atomic E-state index is 13.4. The van der Waals surface area contributed by atoms with Gasteiger partial charge in [0.1, 0.15) is 11.6 Å². The summed E-state index contributed by atoms with van der Waals surface area (Å²) >= 11 is 0. The number of hydrogen-bond donors (Lipinski definition) is 1. The lowest BCUT2D eigenvalue weighted by atomic mass is 9.83. The Morgan fingerprint density at radius 1 is 0.875 bits per heavy atom. The topological polar surface area (TPSA) is 15.3 Å². The Balaban J connectivity index is 1.74. The molecule has 2 heterocycles. The Hall–Kier alpha value is -1.78. The fourth-order valence-corrected chi connectivity index (χ4v) is 4.32. The summed E-state index contributed by atoms with van der Waals surface area (Å²) in [6, 6.07) is 14.4. The highest BCUT2D eigenvalue weighted by Crippen LogP contribution is 2.35. The molecular weight excluding hydrogens is 306 g/mol. The lowest BCUT2D eigenvalue weighted by molar-refractivity contribution is 0.125. The molecule has 0 bridgehead atoms. The smallest absolute Gasteiger partial charge is 0.123 e. The average molecular weight is 328 g/mol. The first kappa shape index (κ1) is 15.7. The van der Waals surface area contributed by atoms with Crippen LogP contribution in [0.15, 0.2) is 48.5 Å². The summed E-state index contributed by atoms with van der Waals surface area (Å²) in [4.78, 5) is 2.59. The number of hydrogen-bond acceptors (Lipinski definition) is 2. The van der Waals surface area contributed by atoms with E-state index in [1.807, 2.05) is 24.3 Å². The Morgan fingerprint density at radius 2 is 1.46 bits per heavy atom. The zero-order chi connectivity index (χ0) is 16.5. The van der Waals surface area contributed by atoms with Crippen LogP contribution in [0.5, 0.6) is 0 Å². The van der Waals surface area contributed by atoms with Gasteiger partial charge in [-0.3, -0.25) is 4.90 Å². The van der Waals surface area contributed by atoms with Crippen molar-refractivity contribution < 1.29 is 8.78 Å². The molecule has 2 atom stereocenters. The molecule has 2 saturated heterocycles. The van der Waals surface area contributed by atoms with Gasteiger partial charge in [-0.25, -0.2) is 8.78 Å². The van der Waals surface area contributed by atoms with E-state index in [1.54, 1.807) is 0 Å². The molecule has 0 unspecified atom stereocenters. The van der Waals surface area contributed by atoms with Gasteiger partial charge < -0.3 is 5.32 Å². The predicted molar refractivity (Wildman–Crippen MR) is 91.0 cm³/mol. The van der Waals surface area contributed by atoms with Crippen molar-refractivity contribution in [3.8, 4) is 0 Å². The zero-order valence-electron chi connectivity index (χ0n) is 13.6. The van der Waals surface area contributed by atoms with Gasteiger partial charge >= 0.3 is 0 Å². The van der Waals surface area contributed by atoms with Gasteiger partial charge in [-0.15, -0.1) is 0 Å². The van der Waals surface area contributed by atoms with Crippen LogP contribution in [0.1, 0.15) is 29.9 Å². The largest absolute Gasteiger partial charge is 0.314 e. The molecule has 0 saturated carbocycles. The van der Waals surface area contributed by atoms with Crippen LogP contribution in [0.25, 0.3) is 0 Å². The quantitative estimate of drug-likeness (QED) is 0.927. The van der Waals surface area contributed by atoms with Gasteiger partial charge in [-0.1, -0.05) is 24.3 Å². The van der Waals surface area contributed by atoms with E-state index in [-0.39, 0.29) is 17.6 Å². The van der Waals surface area contributed by atoms with E-state index in [1.165, 1.54) is 37.1 Å². The van der Waals surface area contributed by atoms with Gasteiger partial charge in [0.25, 0.3) is 0 Å². The second kappa shape index (κ2) is 6.61. The van der Waals surface area contributed by atoms with E-state index in [2.05, 4.69) is 10.2 Å². The van der Waals surface area contributed by atoms with Crippen LogP contribution in [-0.4, -0.2) is 36.6 Å². The van der Waals surface area contributed by atoms with Gasteiger partial charge in [0, 0.05) is 31.1 Å². The van der Waals surface area contributed by atoms with Crippen molar-refractivity contribution in [2.24, 2.45) is 0 Å². The highest BCUT2D eigenvalue weighted by Gasteiger charge is 2.39. The molecule has 2 aromatic carbocycles. The molecular formula is C20H22F2N2. The summed E-state index contributed by atoms with van der Waals surface area (Å²) < 4.78 is 26.8. The number of nitrogens with one attached hydrogen (secondary N) is 1. The van der Waals surface area contributed by atoms with Gasteiger partial charge in [-0.05, 0) is 54.8 Å². The molecule has 4 rings (SSSR count). The summed E-state index contributed by atoms with van der Waals surface area (Å²) in [7, 11) is 0. The predicted octanol–water partition coefficient (Wildman–Crippen LogP) is 3.53. The molecule has 2 aromatic rings. The Labute approximate surface area is 141 Å². The fraction of sp³-hybridized carbons (Fsp3) is 0.400. The summed E-state index contributed by atoms with van der Waals surface area (Å²) in [6.45, 7) is 3.04. The maximum Gasteiger partial charge on any atom is 0.123 e. The summed E-state index contributed by atoms with van der Waals surface area (Å²) in [5.74, 6) is -0.338. The number of piperazine rings is 1. The Morgan fingerprint density at radius 3 is 2.04 bits per heavy atom. The molecule has 0 amide bonds. The average Bonchev–Trinajstić information content (AvgIpc) is 3.08. The normalized spacial score (nSPS) is 24.3. The minimum absolute atomic E-state index is 0.111. The van der Waals surface area contributed by atoms with E-state index >= 15 is 0 Å². The number of halogens is 2. The highest BCUT2D eigenvalue weighted by atomic mass is 19.1. The molecule has 2 aliphatic heterocycles. The molecule has 0 aromatic heterocycles. The number of rotatable bonds is 3. The Bertz CT molecular complexity index is 638. The van der Waals surface area contributed by atoms with Crippen molar-refractivity contribution in [2.45, 2.75) is 30.8 Å². The van der Waals surface area contributed by atoms with Crippen molar-refractivity contribution in [3.63, 3.8) is 0 Å². The third kappa shape index (κ3) is 2.96. The van der Waals surface area contributed by atoms with Gasteiger partial charge in [0.05, 0.1) is 0 Å². The number of nitrogens with zero attached hydrogens (tertiary/aromatic N) is 1. The fourth-order valence-electron chi connectivity index (χ4n) is 4.32. The van der Waals surface area contributed by atoms with Gasteiger partial charge in [0.2, 0.25) is 0 Å². The molecule has 2 nitrogen and oxygen atoms in total. The lowest BCUT2D eigenvalue weighted by Crippen LogP contribution is -2.56. The summed E-state index contributed by atoms with van der Waals surface area (Å²) in [5, 5.41) is 3.56. The van der Waals surface area contributed by atoms with Crippen molar-refractivity contribution in [1.29, 1.82) is 0 Å². The monoisotopic (exact) mass is 328 g/mol. The molecule has 1 N–H and O–H groups in total. The summed E-state index contributed by atoms with van der Waals surface area (Å²) in [6.07, 6.45) is 2.45. The molecule has 4 heteroatoms. The van der Waals surface area contributed by atoms with Crippen LogP contribution in [0.3, 0.4) is 0 Å². The molecule has 24 heavy (non-hydrogen) atoms. The van der Waals surface area contributed by atoms with Gasteiger partial charge in [0.15, 0.2) is 0 Å². The minimum atomic E-state index is -0.225. The van der Waals surface area contributed by atoms with E-state index in [0.717, 1.165) is 30.8 Å².